The summed E-state index contributed by atoms with van der Waals surface area (Å²) in [5, 5.41) is 17.8. The summed E-state index contributed by atoms with van der Waals surface area (Å²) in [7, 11) is 0. The SMILES string of the molecule is CCCCCCCCCCCCCC(=O)N(CCC(=O)O)[C@@H](C)C(=O)O. The van der Waals surface area contributed by atoms with Crippen molar-refractivity contribution in [2.75, 3.05) is 6.54 Å². The van der Waals surface area contributed by atoms with Crippen LogP contribution < -0.4 is 0 Å². The largest absolute Gasteiger partial charge is 0.481 e. The van der Waals surface area contributed by atoms with E-state index in [1.165, 1.54) is 63.2 Å². The minimum atomic E-state index is -1.11. The standard InChI is InChI=1S/C20H37NO5/c1-3-4-5-6-7-8-9-10-11-12-13-14-18(22)21(16-15-19(23)24)17(2)20(25)26/h17H,3-16H2,1-2H3,(H,23,24)(H,25,26)/t17-/m0/s1. The normalized spacial score (nSPS) is 11.9. The second kappa shape index (κ2) is 15.6. The number of carboxylic acids is 2. The van der Waals surface area contributed by atoms with Crippen molar-refractivity contribution in [1.82, 2.24) is 4.90 Å². The van der Waals surface area contributed by atoms with E-state index in [1.54, 1.807) is 0 Å². The summed E-state index contributed by atoms with van der Waals surface area (Å²) < 4.78 is 0. The molecule has 0 aromatic carbocycles. The predicted octanol–water partition coefficient (Wildman–Crippen LogP) is 4.46. The second-order valence-corrected chi connectivity index (χ2v) is 7.03. The van der Waals surface area contributed by atoms with Crippen molar-refractivity contribution in [2.45, 2.75) is 103 Å². The van der Waals surface area contributed by atoms with Crippen LogP contribution in [0.4, 0.5) is 0 Å². The molecule has 1 atom stereocenters. The van der Waals surface area contributed by atoms with Crippen LogP contribution in [0.3, 0.4) is 0 Å². The molecule has 0 radical (unpaired) electrons. The molecule has 0 fully saturated rings. The average Bonchev–Trinajstić information content (AvgIpc) is 2.59. The lowest BCUT2D eigenvalue weighted by Crippen LogP contribution is -2.44. The number of nitrogens with zero attached hydrogens (tertiary/aromatic N) is 1. The first kappa shape index (κ1) is 24.4. The van der Waals surface area contributed by atoms with E-state index < -0.39 is 18.0 Å². The molecule has 26 heavy (non-hydrogen) atoms. The highest BCUT2D eigenvalue weighted by molar-refractivity contribution is 5.83. The number of hydrogen-bond acceptors (Lipinski definition) is 3. The maximum Gasteiger partial charge on any atom is 0.326 e. The number of carbonyl (C=O) groups is 3. The lowest BCUT2D eigenvalue weighted by Gasteiger charge is -2.26. The summed E-state index contributed by atoms with van der Waals surface area (Å²) in [6.45, 7) is 3.58. The second-order valence-electron chi connectivity index (χ2n) is 7.03. The van der Waals surface area contributed by atoms with E-state index in [2.05, 4.69) is 6.92 Å². The molecule has 2 N–H and O–H groups in total. The van der Waals surface area contributed by atoms with Crippen LogP contribution in [0.25, 0.3) is 0 Å². The zero-order valence-corrected chi connectivity index (χ0v) is 16.5. The summed E-state index contributed by atoms with van der Waals surface area (Å²) in [5.74, 6) is -2.41. The average molecular weight is 372 g/mol. The Hall–Kier alpha value is -1.59. The van der Waals surface area contributed by atoms with E-state index in [-0.39, 0.29) is 25.3 Å². The third-order valence-electron chi connectivity index (χ3n) is 4.71. The number of unbranched alkanes of at least 4 members (excludes halogenated alkanes) is 10. The number of hydrogen-bond donors (Lipinski definition) is 2. The zero-order chi connectivity index (χ0) is 19.8. The van der Waals surface area contributed by atoms with Crippen LogP contribution in [-0.2, 0) is 14.4 Å². The van der Waals surface area contributed by atoms with Gasteiger partial charge in [0.2, 0.25) is 5.91 Å². The van der Waals surface area contributed by atoms with Gasteiger partial charge in [-0.15, -0.1) is 0 Å². The molecule has 1 amide bonds. The minimum Gasteiger partial charge on any atom is -0.481 e. The Morgan fingerprint density at radius 1 is 0.769 bits per heavy atom. The van der Waals surface area contributed by atoms with Gasteiger partial charge in [0, 0.05) is 13.0 Å². The van der Waals surface area contributed by atoms with E-state index in [0.717, 1.165) is 19.3 Å². The Balaban J connectivity index is 3.88. The molecule has 0 aliphatic heterocycles. The Kier molecular flexibility index (Phi) is 14.7. The monoisotopic (exact) mass is 371 g/mol. The fraction of sp³-hybridized carbons (Fsp3) is 0.850. The highest BCUT2D eigenvalue weighted by Crippen LogP contribution is 2.13. The van der Waals surface area contributed by atoms with Crippen molar-refractivity contribution in [2.24, 2.45) is 0 Å². The van der Waals surface area contributed by atoms with E-state index in [9.17, 15) is 14.4 Å². The molecular formula is C20H37NO5. The van der Waals surface area contributed by atoms with Crippen molar-refractivity contribution in [3.8, 4) is 0 Å². The minimum absolute atomic E-state index is 0.0559. The van der Waals surface area contributed by atoms with Crippen molar-refractivity contribution in [1.29, 1.82) is 0 Å². The van der Waals surface area contributed by atoms with Crippen molar-refractivity contribution in [3.63, 3.8) is 0 Å². The van der Waals surface area contributed by atoms with Gasteiger partial charge in [0.25, 0.3) is 0 Å². The van der Waals surface area contributed by atoms with Gasteiger partial charge in [-0.2, -0.15) is 0 Å². The van der Waals surface area contributed by atoms with Gasteiger partial charge < -0.3 is 15.1 Å². The lowest BCUT2D eigenvalue weighted by molar-refractivity contribution is -0.150. The van der Waals surface area contributed by atoms with Gasteiger partial charge in [-0.25, -0.2) is 4.79 Å². The van der Waals surface area contributed by atoms with Crippen LogP contribution in [0.5, 0.6) is 0 Å². The molecule has 0 saturated carbocycles. The third kappa shape index (κ3) is 12.7. The Morgan fingerprint density at radius 3 is 1.65 bits per heavy atom. The maximum absolute atomic E-state index is 12.2. The molecule has 0 aliphatic rings. The van der Waals surface area contributed by atoms with E-state index >= 15 is 0 Å². The molecule has 0 heterocycles. The first-order valence-electron chi connectivity index (χ1n) is 10.1. The number of rotatable bonds is 17. The summed E-state index contributed by atoms with van der Waals surface area (Å²) in [6.07, 6.45) is 13.1. The first-order valence-corrected chi connectivity index (χ1v) is 10.1. The number of carbonyl (C=O) groups excluding carboxylic acids is 1. The first-order chi connectivity index (χ1) is 12.4. The van der Waals surface area contributed by atoms with E-state index in [1.807, 2.05) is 0 Å². The van der Waals surface area contributed by atoms with Crippen LogP contribution in [0.2, 0.25) is 0 Å². The molecule has 6 nitrogen and oxygen atoms in total. The molecule has 0 bridgehead atoms. The van der Waals surface area contributed by atoms with Gasteiger partial charge in [0.15, 0.2) is 0 Å². The van der Waals surface area contributed by atoms with Crippen LogP contribution in [0.15, 0.2) is 0 Å². The van der Waals surface area contributed by atoms with E-state index in [4.69, 9.17) is 10.2 Å². The molecule has 0 spiro atoms. The molecule has 0 aromatic rings. The highest BCUT2D eigenvalue weighted by Gasteiger charge is 2.25. The van der Waals surface area contributed by atoms with Crippen molar-refractivity contribution < 1.29 is 24.6 Å². The molecule has 6 heteroatoms. The van der Waals surface area contributed by atoms with E-state index in [0.29, 0.717) is 0 Å². The molecule has 0 rings (SSSR count). The van der Waals surface area contributed by atoms with Gasteiger partial charge in [0.1, 0.15) is 6.04 Å². The van der Waals surface area contributed by atoms with Gasteiger partial charge >= 0.3 is 11.9 Å². The van der Waals surface area contributed by atoms with Crippen LogP contribution >= 0.6 is 0 Å². The van der Waals surface area contributed by atoms with Crippen molar-refractivity contribution in [3.05, 3.63) is 0 Å². The topological polar surface area (TPSA) is 94.9 Å². The Labute approximate surface area is 158 Å². The Morgan fingerprint density at radius 2 is 1.23 bits per heavy atom. The van der Waals surface area contributed by atoms with Gasteiger partial charge in [0.05, 0.1) is 6.42 Å². The smallest absolute Gasteiger partial charge is 0.326 e. The van der Waals surface area contributed by atoms with Crippen molar-refractivity contribution >= 4 is 17.8 Å². The summed E-state index contributed by atoms with van der Waals surface area (Å²) in [5.41, 5.74) is 0. The van der Waals surface area contributed by atoms with Crippen LogP contribution in [-0.4, -0.2) is 45.5 Å². The molecule has 0 saturated heterocycles. The zero-order valence-electron chi connectivity index (χ0n) is 16.5. The number of amides is 1. The fourth-order valence-electron chi connectivity index (χ4n) is 2.97. The van der Waals surface area contributed by atoms with Crippen LogP contribution in [0.1, 0.15) is 97.3 Å². The number of aliphatic carboxylic acids is 2. The molecular weight excluding hydrogens is 334 g/mol. The van der Waals surface area contributed by atoms with Gasteiger partial charge in [-0.1, -0.05) is 71.1 Å². The fourth-order valence-corrected chi connectivity index (χ4v) is 2.97. The predicted molar refractivity (Wildman–Crippen MR) is 102 cm³/mol. The summed E-state index contributed by atoms with van der Waals surface area (Å²) >= 11 is 0. The quantitative estimate of drug-likeness (QED) is 0.368. The molecule has 0 unspecified atom stereocenters. The lowest BCUT2D eigenvalue weighted by atomic mass is 10.0. The number of carboxylic acid groups (broad SMARTS) is 2. The summed E-state index contributed by atoms with van der Waals surface area (Å²) in [4.78, 5) is 35.2. The van der Waals surface area contributed by atoms with Gasteiger partial charge in [-0.3, -0.25) is 9.59 Å². The molecule has 0 aromatic heterocycles. The third-order valence-corrected chi connectivity index (χ3v) is 4.71. The highest BCUT2D eigenvalue weighted by atomic mass is 16.4. The Bertz CT molecular complexity index is 411. The molecule has 0 aliphatic carbocycles. The van der Waals surface area contributed by atoms with Crippen LogP contribution in [0, 0.1) is 0 Å². The molecule has 152 valence electrons. The maximum atomic E-state index is 12.2. The van der Waals surface area contributed by atoms with Gasteiger partial charge in [-0.05, 0) is 13.3 Å². The summed E-state index contributed by atoms with van der Waals surface area (Å²) in [6, 6.07) is -0.991.